The molecule has 1 aliphatic carbocycles. The Morgan fingerprint density at radius 2 is 2.06 bits per heavy atom. The van der Waals surface area contributed by atoms with E-state index in [1.54, 1.807) is 0 Å². The van der Waals surface area contributed by atoms with Gasteiger partial charge in [0.2, 0.25) is 6.19 Å². The first-order chi connectivity index (χ1) is 7.35. The molecule has 0 aromatic heterocycles. The van der Waals surface area contributed by atoms with Crippen molar-refractivity contribution in [3.05, 3.63) is 0 Å². The fourth-order valence-electron chi connectivity index (χ4n) is 3.97. The molecule has 0 aromatic carbocycles. The van der Waals surface area contributed by atoms with E-state index in [-0.39, 0.29) is 0 Å². The quantitative estimate of drug-likeness (QED) is 0.357. The fraction of sp³-hybridized carbons (Fsp3) is 0.846. The second-order valence-corrected chi connectivity index (χ2v) is 6.60. The highest BCUT2D eigenvalue weighted by atomic mass is 15.2. The summed E-state index contributed by atoms with van der Waals surface area (Å²) in [6, 6.07) is 0.589. The van der Waals surface area contributed by atoms with Crippen LogP contribution in [0, 0.1) is 22.3 Å². The van der Waals surface area contributed by atoms with Crippen LogP contribution in [0.15, 0.2) is 4.99 Å². The molecule has 3 heteroatoms. The Morgan fingerprint density at radius 3 is 2.69 bits per heavy atom. The summed E-state index contributed by atoms with van der Waals surface area (Å²) in [5, 5.41) is 8.64. The van der Waals surface area contributed by atoms with E-state index in [2.05, 4.69) is 30.7 Å². The molecule has 88 valence electrons. The molecule has 2 aliphatic rings. The third-order valence-electron chi connectivity index (χ3n) is 4.04. The summed E-state index contributed by atoms with van der Waals surface area (Å²) in [6.07, 6.45) is 5.67. The molecule has 3 nitrogen and oxygen atoms in total. The molecule has 1 heterocycles. The predicted molar refractivity (Wildman–Crippen MR) is 65.0 cm³/mol. The van der Waals surface area contributed by atoms with Crippen molar-refractivity contribution in [3.63, 3.8) is 0 Å². The van der Waals surface area contributed by atoms with Gasteiger partial charge in [-0.05, 0) is 37.0 Å². The third-order valence-corrected chi connectivity index (χ3v) is 4.04. The van der Waals surface area contributed by atoms with E-state index in [9.17, 15) is 0 Å². The average molecular weight is 219 g/mol. The Balaban J connectivity index is 2.23. The van der Waals surface area contributed by atoms with Crippen molar-refractivity contribution < 1.29 is 0 Å². The number of nitriles is 1. The number of aliphatic imine (C=N–C) groups is 1. The van der Waals surface area contributed by atoms with Gasteiger partial charge < -0.3 is 4.90 Å². The molecule has 2 fully saturated rings. The molecule has 16 heavy (non-hydrogen) atoms. The molecule has 1 saturated carbocycles. The monoisotopic (exact) mass is 219 g/mol. The average Bonchev–Trinajstić information content (AvgIpc) is 2.35. The molecule has 0 spiro atoms. The highest BCUT2D eigenvalue weighted by Crippen LogP contribution is 2.52. The van der Waals surface area contributed by atoms with Crippen molar-refractivity contribution in [2.24, 2.45) is 15.8 Å². The van der Waals surface area contributed by atoms with Crippen LogP contribution in [0.2, 0.25) is 0 Å². The zero-order chi connectivity index (χ0) is 12.0. The van der Waals surface area contributed by atoms with Crippen LogP contribution >= 0.6 is 0 Å². The number of fused-ring (bicyclic) bond motifs is 2. The largest absolute Gasteiger partial charge is 0.356 e. The second-order valence-electron chi connectivity index (χ2n) is 6.60. The molecule has 0 radical (unpaired) electrons. The Labute approximate surface area is 98.2 Å². The first-order valence-corrected chi connectivity index (χ1v) is 6.05. The van der Waals surface area contributed by atoms with Crippen LogP contribution < -0.4 is 0 Å². The van der Waals surface area contributed by atoms with Crippen LogP contribution in [-0.2, 0) is 0 Å². The third kappa shape index (κ3) is 1.93. The Kier molecular flexibility index (Phi) is 2.49. The number of nitrogens with zero attached hydrogens (tertiary/aromatic N) is 3. The lowest BCUT2D eigenvalue weighted by molar-refractivity contribution is 0.132. The molecule has 0 amide bonds. The Bertz CT molecular complexity index is 364. The topological polar surface area (TPSA) is 39.4 Å². The van der Waals surface area contributed by atoms with Crippen LogP contribution in [-0.4, -0.2) is 23.3 Å². The zero-order valence-electron chi connectivity index (χ0n) is 10.7. The van der Waals surface area contributed by atoms with Crippen molar-refractivity contribution in [2.45, 2.75) is 53.0 Å². The Hall–Kier alpha value is -1.04. The normalized spacial score (nSPS) is 37.3. The minimum Gasteiger partial charge on any atom is -0.356 e. The van der Waals surface area contributed by atoms with E-state index in [0.29, 0.717) is 16.9 Å². The van der Waals surface area contributed by atoms with Gasteiger partial charge in [-0.3, -0.25) is 0 Å². The highest BCUT2D eigenvalue weighted by Gasteiger charge is 2.49. The van der Waals surface area contributed by atoms with Crippen molar-refractivity contribution in [1.82, 2.24) is 4.90 Å². The Morgan fingerprint density at radius 1 is 1.38 bits per heavy atom. The summed E-state index contributed by atoms with van der Waals surface area (Å²) in [5.41, 5.74) is 0.845. The van der Waals surface area contributed by atoms with E-state index in [4.69, 9.17) is 5.26 Å². The smallest absolute Gasteiger partial charge is 0.207 e. The lowest BCUT2D eigenvalue weighted by Gasteiger charge is -2.39. The van der Waals surface area contributed by atoms with Gasteiger partial charge in [-0.1, -0.05) is 20.8 Å². The van der Waals surface area contributed by atoms with Gasteiger partial charge in [-0.15, -0.1) is 0 Å². The fourth-order valence-corrected chi connectivity index (χ4v) is 3.97. The summed E-state index contributed by atoms with van der Waals surface area (Å²) in [7, 11) is 0. The van der Waals surface area contributed by atoms with Crippen molar-refractivity contribution in [3.8, 4) is 6.19 Å². The molecule has 2 rings (SSSR count). The van der Waals surface area contributed by atoms with E-state index in [1.165, 1.54) is 19.3 Å². The molecule has 2 unspecified atom stereocenters. The van der Waals surface area contributed by atoms with Gasteiger partial charge in [0.15, 0.2) is 0 Å². The minimum absolute atomic E-state index is 0.415. The minimum atomic E-state index is 0.415. The van der Waals surface area contributed by atoms with Gasteiger partial charge in [0.25, 0.3) is 0 Å². The maximum Gasteiger partial charge on any atom is 0.207 e. The van der Waals surface area contributed by atoms with Crippen molar-refractivity contribution in [1.29, 1.82) is 5.26 Å². The molecular weight excluding hydrogens is 198 g/mol. The summed E-state index contributed by atoms with van der Waals surface area (Å²) in [5.74, 6) is 0.897. The van der Waals surface area contributed by atoms with Gasteiger partial charge in [0.1, 0.15) is 5.84 Å². The standard InChI is InChI=1S/C13H21N3/c1-10(15-9-14)16-8-13(4)6-11(16)5-12(2,3)7-13/h11H,5-8H2,1-4H3. The predicted octanol–water partition coefficient (Wildman–Crippen LogP) is 2.79. The zero-order valence-corrected chi connectivity index (χ0v) is 10.7. The van der Waals surface area contributed by atoms with Gasteiger partial charge in [0, 0.05) is 12.6 Å². The summed E-state index contributed by atoms with van der Waals surface area (Å²) >= 11 is 0. The lowest BCUT2D eigenvalue weighted by atomic mass is 9.65. The van der Waals surface area contributed by atoms with Crippen molar-refractivity contribution >= 4 is 5.84 Å². The summed E-state index contributed by atoms with van der Waals surface area (Å²) < 4.78 is 0. The van der Waals surface area contributed by atoms with E-state index >= 15 is 0 Å². The number of likely N-dealkylation sites (tertiary alicyclic amines) is 1. The van der Waals surface area contributed by atoms with Crippen LogP contribution in [0.5, 0.6) is 0 Å². The second kappa shape index (κ2) is 3.48. The number of amidine groups is 1. The molecular formula is C13H21N3. The number of rotatable bonds is 0. The molecule has 1 saturated heterocycles. The van der Waals surface area contributed by atoms with Crippen LogP contribution in [0.4, 0.5) is 0 Å². The number of hydrogen-bond donors (Lipinski definition) is 0. The van der Waals surface area contributed by atoms with Gasteiger partial charge >= 0.3 is 0 Å². The van der Waals surface area contributed by atoms with Crippen molar-refractivity contribution in [2.75, 3.05) is 6.54 Å². The van der Waals surface area contributed by atoms with E-state index < -0.39 is 0 Å². The van der Waals surface area contributed by atoms with Gasteiger partial charge in [-0.25, -0.2) is 0 Å². The summed E-state index contributed by atoms with van der Waals surface area (Å²) in [4.78, 5) is 6.24. The first-order valence-electron chi connectivity index (χ1n) is 6.05. The highest BCUT2D eigenvalue weighted by molar-refractivity contribution is 5.81. The summed E-state index contributed by atoms with van der Waals surface area (Å²) in [6.45, 7) is 10.1. The molecule has 2 atom stereocenters. The van der Waals surface area contributed by atoms with E-state index in [1.807, 2.05) is 13.1 Å². The van der Waals surface area contributed by atoms with Crippen LogP contribution in [0.25, 0.3) is 0 Å². The van der Waals surface area contributed by atoms with Gasteiger partial charge in [0.05, 0.1) is 0 Å². The SMILES string of the molecule is CC(=NC#N)N1CC2(C)CC1CC(C)(C)C2. The molecule has 0 aromatic rings. The molecule has 0 N–H and O–H groups in total. The maximum atomic E-state index is 8.64. The lowest BCUT2D eigenvalue weighted by Crippen LogP contribution is -2.36. The first kappa shape index (κ1) is 11.4. The maximum absolute atomic E-state index is 8.64. The molecule has 1 aliphatic heterocycles. The van der Waals surface area contributed by atoms with Crippen LogP contribution in [0.3, 0.4) is 0 Å². The van der Waals surface area contributed by atoms with Gasteiger partial charge in [-0.2, -0.15) is 10.3 Å². The molecule has 2 bridgehead atoms. The van der Waals surface area contributed by atoms with Crippen LogP contribution in [0.1, 0.15) is 47.0 Å². The number of hydrogen-bond acceptors (Lipinski definition) is 2. The van der Waals surface area contributed by atoms with E-state index in [0.717, 1.165) is 12.4 Å².